The number of hydrogen-bond acceptors (Lipinski definition) is 8. The molecule has 9 nitrogen and oxygen atoms in total. The predicted molar refractivity (Wildman–Crippen MR) is 118 cm³/mol. The Morgan fingerprint density at radius 1 is 1.11 bits per heavy atom. The molecule has 0 unspecified atom stereocenters. The normalized spacial score (nSPS) is 15.3. The Bertz CT molecular complexity index is 1110. The predicted octanol–water partition coefficient (Wildman–Crippen LogP) is 4.03. The summed E-state index contributed by atoms with van der Waals surface area (Å²) in [5.74, 6) is 1.51. The summed E-state index contributed by atoms with van der Waals surface area (Å²) in [5, 5.41) is 15.9. The lowest BCUT2D eigenvalue weighted by Gasteiger charge is -2.21. The third-order valence-corrected chi connectivity index (χ3v) is 5.60. The Hall–Kier alpha value is -3.54. The first-order valence-corrected chi connectivity index (χ1v) is 11.1. The van der Waals surface area contributed by atoms with Crippen LogP contribution in [0.2, 0.25) is 0 Å². The molecule has 0 N–H and O–H groups in total. The Morgan fingerprint density at radius 2 is 1.89 bits per heavy atom. The highest BCUT2D eigenvalue weighted by Gasteiger charge is 2.29. The summed E-state index contributed by atoms with van der Waals surface area (Å²) in [6.45, 7) is 4.23. The molecule has 0 saturated carbocycles. The van der Waals surface area contributed by atoms with Crippen LogP contribution in [0.15, 0.2) is 47.8 Å². The number of halogens is 3. The van der Waals surface area contributed by atoms with E-state index in [2.05, 4.69) is 25.7 Å². The van der Waals surface area contributed by atoms with Crippen LogP contribution in [0, 0.1) is 5.92 Å². The molecule has 0 spiro atoms. The van der Waals surface area contributed by atoms with Crippen LogP contribution in [-0.4, -0.2) is 44.1 Å². The summed E-state index contributed by atoms with van der Waals surface area (Å²) in [4.78, 5) is 9.56. The van der Waals surface area contributed by atoms with Gasteiger partial charge in [-0.3, -0.25) is 0 Å². The average molecular weight is 490 g/mol. The molecule has 2 aromatic heterocycles. The summed E-state index contributed by atoms with van der Waals surface area (Å²) in [6, 6.07) is 8.25. The fourth-order valence-electron chi connectivity index (χ4n) is 3.51. The third-order valence-electron chi connectivity index (χ3n) is 5.60. The van der Waals surface area contributed by atoms with Gasteiger partial charge in [-0.1, -0.05) is 17.3 Å². The Kier molecular flexibility index (Phi) is 7.91. The monoisotopic (exact) mass is 490 g/mol. The minimum atomic E-state index is -4.36. The summed E-state index contributed by atoms with van der Waals surface area (Å²) >= 11 is 0. The van der Waals surface area contributed by atoms with E-state index in [9.17, 15) is 13.2 Å². The van der Waals surface area contributed by atoms with E-state index in [1.807, 2.05) is 0 Å². The molecule has 0 bridgehead atoms. The van der Waals surface area contributed by atoms with Gasteiger partial charge >= 0.3 is 6.18 Å². The molecule has 186 valence electrons. The number of oxime groups is 1. The van der Waals surface area contributed by atoms with Gasteiger partial charge in [-0.2, -0.15) is 13.2 Å². The van der Waals surface area contributed by atoms with Crippen LogP contribution < -0.4 is 4.74 Å². The summed E-state index contributed by atoms with van der Waals surface area (Å²) in [6.07, 6.45) is -0.798. The Labute approximate surface area is 199 Å². The number of ether oxygens (including phenoxy) is 2. The van der Waals surface area contributed by atoms with Gasteiger partial charge in [0.25, 0.3) is 0 Å². The number of nitrogens with zero attached hydrogens (tertiary/aromatic N) is 6. The van der Waals surface area contributed by atoms with Crippen molar-refractivity contribution in [1.29, 1.82) is 0 Å². The molecule has 1 aliphatic heterocycles. The molecular formula is C23H25F3N6O3. The molecule has 1 aliphatic rings. The van der Waals surface area contributed by atoms with Crippen molar-refractivity contribution < 1.29 is 27.5 Å². The first kappa shape index (κ1) is 24.6. The van der Waals surface area contributed by atoms with Crippen LogP contribution in [0.3, 0.4) is 0 Å². The number of tetrazole rings is 1. The van der Waals surface area contributed by atoms with Gasteiger partial charge in [-0.15, -0.1) is 5.10 Å². The molecule has 12 heteroatoms. The highest BCUT2D eigenvalue weighted by molar-refractivity contribution is 5.98. The van der Waals surface area contributed by atoms with Gasteiger partial charge in [-0.25, -0.2) is 9.67 Å². The molecule has 3 heterocycles. The van der Waals surface area contributed by atoms with E-state index < -0.39 is 11.7 Å². The number of aromatic nitrogens is 5. The van der Waals surface area contributed by atoms with Crippen molar-refractivity contribution in [3.8, 4) is 5.88 Å². The maximum absolute atomic E-state index is 12.6. The average Bonchev–Trinajstić information content (AvgIpc) is 3.30. The van der Waals surface area contributed by atoms with Gasteiger partial charge in [0.15, 0.2) is 12.4 Å². The number of pyridine rings is 1. The number of benzene rings is 1. The van der Waals surface area contributed by atoms with E-state index in [0.717, 1.165) is 44.7 Å². The Morgan fingerprint density at radius 3 is 2.57 bits per heavy atom. The third kappa shape index (κ3) is 6.98. The smallest absolute Gasteiger partial charge is 0.416 e. The van der Waals surface area contributed by atoms with Crippen LogP contribution in [0.25, 0.3) is 0 Å². The SMILES string of the molecule is C/C(=N\OCc1ccc(C(F)(F)F)cc1)c1ccc(OCc2nnnn2CC2CCOCC2)nc1. The number of alkyl halides is 3. The van der Waals surface area contributed by atoms with E-state index >= 15 is 0 Å². The van der Waals surface area contributed by atoms with E-state index in [-0.39, 0.29) is 13.2 Å². The van der Waals surface area contributed by atoms with Crippen molar-refractivity contribution in [3.63, 3.8) is 0 Å². The van der Waals surface area contributed by atoms with E-state index in [0.29, 0.717) is 34.5 Å². The van der Waals surface area contributed by atoms with Crippen LogP contribution in [0.1, 0.15) is 42.3 Å². The highest BCUT2D eigenvalue weighted by atomic mass is 19.4. The zero-order valence-electron chi connectivity index (χ0n) is 19.1. The van der Waals surface area contributed by atoms with Crippen LogP contribution in [0.4, 0.5) is 13.2 Å². The van der Waals surface area contributed by atoms with Gasteiger partial charge in [0.1, 0.15) is 6.61 Å². The summed E-state index contributed by atoms with van der Waals surface area (Å²) in [7, 11) is 0. The zero-order chi connectivity index (χ0) is 24.7. The molecule has 1 saturated heterocycles. The first-order valence-electron chi connectivity index (χ1n) is 11.1. The first-order chi connectivity index (χ1) is 16.9. The largest absolute Gasteiger partial charge is 0.469 e. The maximum Gasteiger partial charge on any atom is 0.416 e. The number of hydrogen-bond donors (Lipinski definition) is 0. The topological polar surface area (TPSA) is 96.5 Å². The van der Waals surface area contributed by atoms with Gasteiger partial charge in [0, 0.05) is 37.6 Å². The van der Waals surface area contributed by atoms with E-state index in [1.165, 1.54) is 12.1 Å². The molecule has 0 radical (unpaired) electrons. The number of rotatable bonds is 9. The van der Waals surface area contributed by atoms with Gasteiger partial charge in [0.2, 0.25) is 5.88 Å². The molecule has 3 aromatic rings. The van der Waals surface area contributed by atoms with Crippen molar-refractivity contribution in [3.05, 3.63) is 65.1 Å². The molecule has 1 aromatic carbocycles. The Balaban J connectivity index is 1.26. The standard InChI is InChI=1S/C23H25F3N6O3/c1-16(29-35-14-18-2-5-20(6-3-18)23(24,25)26)19-4-7-22(27-12-19)34-15-21-28-30-31-32(21)13-17-8-10-33-11-9-17/h2-7,12,17H,8-11,13-15H2,1H3/b29-16+. The van der Waals surface area contributed by atoms with E-state index in [4.69, 9.17) is 14.3 Å². The maximum atomic E-state index is 12.6. The minimum Gasteiger partial charge on any atom is -0.469 e. The summed E-state index contributed by atoms with van der Waals surface area (Å²) in [5.41, 5.74) is 1.16. The molecule has 0 aliphatic carbocycles. The highest BCUT2D eigenvalue weighted by Crippen LogP contribution is 2.29. The van der Waals surface area contributed by atoms with Gasteiger partial charge in [0.05, 0.1) is 11.3 Å². The molecule has 0 atom stereocenters. The van der Waals surface area contributed by atoms with E-state index in [1.54, 1.807) is 29.9 Å². The second-order valence-electron chi connectivity index (χ2n) is 8.15. The lowest BCUT2D eigenvalue weighted by Crippen LogP contribution is -2.22. The van der Waals surface area contributed by atoms with Crippen LogP contribution in [0.5, 0.6) is 5.88 Å². The molecule has 0 amide bonds. The van der Waals surface area contributed by atoms with Crippen molar-refractivity contribution in [2.75, 3.05) is 13.2 Å². The minimum absolute atomic E-state index is 0.0483. The zero-order valence-corrected chi connectivity index (χ0v) is 19.1. The van der Waals surface area contributed by atoms with Crippen molar-refractivity contribution in [1.82, 2.24) is 25.2 Å². The lowest BCUT2D eigenvalue weighted by atomic mass is 10.0. The van der Waals surface area contributed by atoms with Gasteiger partial charge < -0.3 is 14.3 Å². The van der Waals surface area contributed by atoms with Crippen LogP contribution >= 0.6 is 0 Å². The fourth-order valence-corrected chi connectivity index (χ4v) is 3.51. The van der Waals surface area contributed by atoms with Crippen molar-refractivity contribution >= 4 is 5.71 Å². The second-order valence-corrected chi connectivity index (χ2v) is 8.15. The van der Waals surface area contributed by atoms with Crippen LogP contribution in [-0.2, 0) is 35.5 Å². The molecular weight excluding hydrogens is 465 g/mol. The quantitative estimate of drug-likeness (QED) is 0.330. The molecule has 4 rings (SSSR count). The second kappa shape index (κ2) is 11.3. The van der Waals surface area contributed by atoms with Gasteiger partial charge in [-0.05, 0) is 59.9 Å². The van der Waals surface area contributed by atoms with Crippen molar-refractivity contribution in [2.24, 2.45) is 11.1 Å². The lowest BCUT2D eigenvalue weighted by molar-refractivity contribution is -0.137. The van der Waals surface area contributed by atoms with Crippen molar-refractivity contribution in [2.45, 2.75) is 45.7 Å². The molecule has 35 heavy (non-hydrogen) atoms. The summed E-state index contributed by atoms with van der Waals surface area (Å²) < 4.78 is 50.8. The molecule has 1 fully saturated rings. The fraction of sp³-hybridized carbons (Fsp3) is 0.435.